The Hall–Kier alpha value is -1.13. The average molecular weight is 406 g/mol. The Morgan fingerprint density at radius 2 is 2.03 bits per heavy atom. The number of fused-ring (bicyclic) bond motifs is 1. The largest absolute Gasteiger partial charge is 0.392 e. The van der Waals surface area contributed by atoms with Gasteiger partial charge in [-0.25, -0.2) is 0 Å². The Bertz CT molecular complexity index is 583. The van der Waals surface area contributed by atoms with Crippen LogP contribution in [0, 0.1) is 17.8 Å². The van der Waals surface area contributed by atoms with Crippen LogP contribution in [0.2, 0.25) is 0 Å². The summed E-state index contributed by atoms with van der Waals surface area (Å²) >= 11 is 0. The van der Waals surface area contributed by atoms with E-state index < -0.39 is 5.60 Å². The van der Waals surface area contributed by atoms with Gasteiger partial charge in [0.15, 0.2) is 0 Å². The van der Waals surface area contributed by atoms with Gasteiger partial charge in [-0.15, -0.1) is 0 Å². The van der Waals surface area contributed by atoms with Crippen molar-refractivity contribution in [2.75, 3.05) is 14.1 Å². The number of allylic oxidation sites excluding steroid dienone is 2. The first-order valence-electron chi connectivity index (χ1n) is 11.8. The van der Waals surface area contributed by atoms with Crippen LogP contribution in [-0.4, -0.2) is 46.8 Å². The second-order valence-electron chi connectivity index (χ2n) is 9.55. The first-order valence-corrected chi connectivity index (χ1v) is 11.8. The number of amides is 1. The normalized spacial score (nSPS) is 28.4. The van der Waals surface area contributed by atoms with Crippen molar-refractivity contribution in [3.8, 4) is 0 Å². The molecule has 2 N–H and O–H groups in total. The highest BCUT2D eigenvalue weighted by Crippen LogP contribution is 2.48. The number of unbranched alkanes of at least 4 members (excludes halogenated alkanes) is 2. The van der Waals surface area contributed by atoms with Gasteiger partial charge < -0.3 is 15.1 Å². The van der Waals surface area contributed by atoms with E-state index in [9.17, 15) is 15.0 Å². The molecular weight excluding hydrogens is 362 g/mol. The number of aliphatic hydroxyl groups is 2. The molecule has 29 heavy (non-hydrogen) atoms. The molecule has 0 saturated heterocycles. The third-order valence-corrected chi connectivity index (χ3v) is 7.10. The van der Waals surface area contributed by atoms with Gasteiger partial charge in [0.1, 0.15) is 0 Å². The number of hydrogen-bond acceptors (Lipinski definition) is 3. The molecule has 2 aliphatic carbocycles. The molecule has 0 bridgehead atoms. The van der Waals surface area contributed by atoms with Crippen molar-refractivity contribution < 1.29 is 15.0 Å². The molecule has 166 valence electrons. The minimum absolute atomic E-state index is 0.205. The lowest BCUT2D eigenvalue weighted by atomic mass is 9.86. The molecule has 0 spiro atoms. The molecule has 1 saturated carbocycles. The van der Waals surface area contributed by atoms with E-state index in [0.717, 1.165) is 57.8 Å². The van der Waals surface area contributed by atoms with E-state index in [1.807, 2.05) is 14.1 Å². The molecule has 0 heterocycles. The fourth-order valence-corrected chi connectivity index (χ4v) is 5.02. The van der Waals surface area contributed by atoms with Gasteiger partial charge in [-0.05, 0) is 63.2 Å². The number of carbonyl (C=O) groups excluding carboxylic acids is 1. The molecule has 5 atom stereocenters. The molecule has 2 aliphatic rings. The summed E-state index contributed by atoms with van der Waals surface area (Å²) in [6, 6.07) is 0. The molecular formula is C25H43NO3. The van der Waals surface area contributed by atoms with Crippen LogP contribution >= 0.6 is 0 Å². The van der Waals surface area contributed by atoms with Gasteiger partial charge in [0.05, 0.1) is 11.7 Å². The summed E-state index contributed by atoms with van der Waals surface area (Å²) < 4.78 is 0. The maximum Gasteiger partial charge on any atom is 0.222 e. The van der Waals surface area contributed by atoms with Crippen molar-refractivity contribution in [2.24, 2.45) is 17.8 Å². The molecule has 2 rings (SSSR count). The summed E-state index contributed by atoms with van der Waals surface area (Å²) in [5.41, 5.74) is 0.911. The van der Waals surface area contributed by atoms with E-state index in [-0.39, 0.29) is 17.9 Å². The quantitative estimate of drug-likeness (QED) is 0.360. The van der Waals surface area contributed by atoms with Gasteiger partial charge in [-0.2, -0.15) is 0 Å². The minimum atomic E-state index is -0.599. The van der Waals surface area contributed by atoms with Crippen LogP contribution in [0.4, 0.5) is 0 Å². The standard InChI is InChI=1S/C25H43NO3/c1-5-7-14-25(29,6-2)15-10-12-21-22-17-19(16-20(22)18-23(21)27)11-8-9-13-24(28)26(3)4/h10,12,16,20-23,27,29H,5-9,11,13-15,17-18H2,1-4H3/b12-10+/t20-,21+,22-,23+,25-/m0/s1. The van der Waals surface area contributed by atoms with Gasteiger partial charge in [0.25, 0.3) is 0 Å². The van der Waals surface area contributed by atoms with E-state index in [4.69, 9.17) is 0 Å². The van der Waals surface area contributed by atoms with Gasteiger partial charge in [0, 0.05) is 26.4 Å². The van der Waals surface area contributed by atoms with Crippen molar-refractivity contribution >= 4 is 5.91 Å². The molecule has 0 unspecified atom stereocenters. The zero-order valence-electron chi connectivity index (χ0n) is 19.1. The number of carbonyl (C=O) groups is 1. The van der Waals surface area contributed by atoms with Crippen LogP contribution in [0.5, 0.6) is 0 Å². The van der Waals surface area contributed by atoms with E-state index >= 15 is 0 Å². The minimum Gasteiger partial charge on any atom is -0.392 e. The van der Waals surface area contributed by atoms with Crippen LogP contribution in [0.1, 0.15) is 84.5 Å². The first-order chi connectivity index (χ1) is 13.8. The van der Waals surface area contributed by atoms with Crippen LogP contribution in [0.25, 0.3) is 0 Å². The molecule has 4 nitrogen and oxygen atoms in total. The lowest BCUT2D eigenvalue weighted by Gasteiger charge is -2.26. The zero-order chi connectivity index (χ0) is 21.4. The monoisotopic (exact) mass is 405 g/mol. The predicted molar refractivity (Wildman–Crippen MR) is 119 cm³/mol. The maximum atomic E-state index is 11.7. The van der Waals surface area contributed by atoms with Crippen molar-refractivity contribution in [1.82, 2.24) is 4.90 Å². The van der Waals surface area contributed by atoms with Crippen LogP contribution in [0.3, 0.4) is 0 Å². The van der Waals surface area contributed by atoms with Crippen LogP contribution in [-0.2, 0) is 4.79 Å². The van der Waals surface area contributed by atoms with E-state index in [1.54, 1.807) is 4.90 Å². The summed E-state index contributed by atoms with van der Waals surface area (Å²) in [5, 5.41) is 21.3. The second-order valence-corrected chi connectivity index (χ2v) is 9.55. The number of aliphatic hydroxyl groups excluding tert-OH is 1. The predicted octanol–water partition coefficient (Wildman–Crippen LogP) is 4.86. The molecule has 4 heteroatoms. The maximum absolute atomic E-state index is 11.7. The Morgan fingerprint density at radius 1 is 1.28 bits per heavy atom. The topological polar surface area (TPSA) is 60.8 Å². The SMILES string of the molecule is CCCC[C@@](O)(CC)C/C=C/[C@@H]1[C@H]2CC(CCCCC(=O)N(C)C)=C[C@H]2C[C@H]1O. The smallest absolute Gasteiger partial charge is 0.222 e. The summed E-state index contributed by atoms with van der Waals surface area (Å²) in [6.07, 6.45) is 16.6. The Balaban J connectivity index is 1.81. The van der Waals surface area contributed by atoms with Gasteiger partial charge in [-0.1, -0.05) is 50.5 Å². The van der Waals surface area contributed by atoms with Crippen molar-refractivity contribution in [1.29, 1.82) is 0 Å². The van der Waals surface area contributed by atoms with Crippen LogP contribution < -0.4 is 0 Å². The summed E-state index contributed by atoms with van der Waals surface area (Å²) in [4.78, 5) is 13.4. The third kappa shape index (κ3) is 6.96. The molecule has 1 fully saturated rings. The second kappa shape index (κ2) is 11.3. The molecule has 0 aromatic carbocycles. The molecule has 0 aliphatic heterocycles. The molecule has 0 aromatic heterocycles. The van der Waals surface area contributed by atoms with Gasteiger partial charge in [0.2, 0.25) is 5.91 Å². The van der Waals surface area contributed by atoms with E-state index in [2.05, 4.69) is 32.1 Å². The summed E-state index contributed by atoms with van der Waals surface area (Å²) in [6.45, 7) is 4.22. The highest BCUT2D eigenvalue weighted by molar-refractivity contribution is 5.75. The lowest BCUT2D eigenvalue weighted by Crippen LogP contribution is -2.27. The Labute approximate surface area is 178 Å². The van der Waals surface area contributed by atoms with Crippen molar-refractivity contribution in [3.05, 3.63) is 23.8 Å². The summed E-state index contributed by atoms with van der Waals surface area (Å²) in [5.74, 6) is 1.41. The van der Waals surface area contributed by atoms with Crippen LogP contribution in [0.15, 0.2) is 23.8 Å². The third-order valence-electron chi connectivity index (χ3n) is 7.10. The fraction of sp³-hybridized carbons (Fsp3) is 0.800. The molecule has 0 radical (unpaired) electrons. The number of rotatable bonds is 12. The molecule has 1 amide bonds. The zero-order valence-corrected chi connectivity index (χ0v) is 19.1. The van der Waals surface area contributed by atoms with Crippen molar-refractivity contribution in [2.45, 2.75) is 96.2 Å². The number of hydrogen-bond donors (Lipinski definition) is 2. The van der Waals surface area contributed by atoms with E-state index in [1.165, 1.54) is 5.57 Å². The molecule has 0 aromatic rings. The first kappa shape index (κ1) is 24.1. The summed E-state index contributed by atoms with van der Waals surface area (Å²) in [7, 11) is 3.63. The van der Waals surface area contributed by atoms with Crippen molar-refractivity contribution in [3.63, 3.8) is 0 Å². The fourth-order valence-electron chi connectivity index (χ4n) is 5.02. The van der Waals surface area contributed by atoms with Gasteiger partial charge >= 0.3 is 0 Å². The number of nitrogens with zero attached hydrogens (tertiary/aromatic N) is 1. The average Bonchev–Trinajstić information content (AvgIpc) is 3.20. The van der Waals surface area contributed by atoms with Gasteiger partial charge in [-0.3, -0.25) is 4.79 Å². The highest BCUT2D eigenvalue weighted by Gasteiger charge is 2.43. The van der Waals surface area contributed by atoms with E-state index in [0.29, 0.717) is 24.7 Å². The highest BCUT2D eigenvalue weighted by atomic mass is 16.3. The Kier molecular flexibility index (Phi) is 9.42. The lowest BCUT2D eigenvalue weighted by molar-refractivity contribution is -0.128. The Morgan fingerprint density at radius 3 is 2.69 bits per heavy atom.